The van der Waals surface area contributed by atoms with Crippen molar-refractivity contribution in [2.45, 2.75) is 44.0 Å². The first-order valence-electron chi connectivity index (χ1n) is 14.8. The third-order valence-corrected chi connectivity index (χ3v) is 10.0. The van der Waals surface area contributed by atoms with E-state index in [1.54, 1.807) is 7.11 Å². The molecule has 0 radical (unpaired) electrons. The molecule has 3 aliphatic heterocycles. The predicted molar refractivity (Wildman–Crippen MR) is 165 cm³/mol. The fourth-order valence-corrected chi connectivity index (χ4v) is 8.33. The molecule has 0 spiro atoms. The molecule has 0 unspecified atom stereocenters. The quantitative estimate of drug-likeness (QED) is 0.287. The van der Waals surface area contributed by atoms with Crippen LogP contribution in [0.3, 0.4) is 0 Å². The van der Waals surface area contributed by atoms with Gasteiger partial charge in [-0.05, 0) is 36.8 Å². The highest BCUT2D eigenvalue weighted by Gasteiger charge is 2.55. The van der Waals surface area contributed by atoms with Crippen LogP contribution in [0, 0.1) is 0 Å². The van der Waals surface area contributed by atoms with Gasteiger partial charge in [-0.25, -0.2) is 0 Å². The number of benzene rings is 4. The van der Waals surface area contributed by atoms with Crippen molar-refractivity contribution in [1.29, 1.82) is 0 Å². The second kappa shape index (κ2) is 8.46. The minimum Gasteiger partial charge on any atom is -0.374 e. The molecule has 1 N–H and O–H groups in total. The zero-order valence-electron chi connectivity index (χ0n) is 24.1. The largest absolute Gasteiger partial charge is 0.374 e. The molecule has 2 aromatic heterocycles. The molecule has 1 saturated heterocycles. The standard InChI is InChI=1S/C35H30N4O4/c1-35-32(42-3)25(37(2)34(41)19-11-5-4-6-12-19)17-26(43-35)38-23-15-9-7-13-20(23)28-29-22(18-36-33(29)40)27-21-14-8-10-16-24(21)39(35)31(27)30(28)38/h4-16,25-26,32H,17-18H2,1-3H3,(H,36,40)/t25-,26+,32-,35+/m0/s1. The van der Waals surface area contributed by atoms with Gasteiger partial charge in [0.1, 0.15) is 12.3 Å². The Bertz CT molecular complexity index is 2180. The van der Waals surface area contributed by atoms with Crippen LogP contribution in [0.15, 0.2) is 78.9 Å². The Balaban J connectivity index is 1.43. The summed E-state index contributed by atoms with van der Waals surface area (Å²) in [7, 11) is 3.57. The maximum absolute atomic E-state index is 13.9. The number of rotatable bonds is 3. The number of carbonyl (C=O) groups is 2. The van der Waals surface area contributed by atoms with Gasteiger partial charge < -0.3 is 28.8 Å². The van der Waals surface area contributed by atoms with Crippen LogP contribution in [-0.2, 0) is 21.7 Å². The number of aromatic nitrogens is 2. The number of hydrogen-bond donors (Lipinski definition) is 1. The van der Waals surface area contributed by atoms with Crippen molar-refractivity contribution in [2.24, 2.45) is 0 Å². The molecular weight excluding hydrogens is 540 g/mol. The van der Waals surface area contributed by atoms with Crippen LogP contribution in [0.2, 0.25) is 0 Å². The van der Waals surface area contributed by atoms with E-state index in [2.05, 4.69) is 45.6 Å². The Morgan fingerprint density at radius 2 is 1.63 bits per heavy atom. The molecule has 4 atom stereocenters. The molecule has 9 rings (SSSR count). The lowest BCUT2D eigenvalue weighted by Gasteiger charge is -2.50. The summed E-state index contributed by atoms with van der Waals surface area (Å²) in [6.07, 6.45) is -0.386. The van der Waals surface area contributed by atoms with Crippen LogP contribution < -0.4 is 5.32 Å². The fourth-order valence-electron chi connectivity index (χ4n) is 8.33. The zero-order valence-corrected chi connectivity index (χ0v) is 24.1. The molecule has 2 bridgehead atoms. The molecule has 43 heavy (non-hydrogen) atoms. The van der Waals surface area contributed by atoms with E-state index in [9.17, 15) is 9.59 Å². The summed E-state index contributed by atoms with van der Waals surface area (Å²) in [5.74, 6) is -0.107. The maximum atomic E-state index is 13.9. The molecule has 0 aliphatic carbocycles. The average molecular weight is 571 g/mol. The maximum Gasteiger partial charge on any atom is 0.253 e. The molecule has 2 amide bonds. The first-order valence-corrected chi connectivity index (χ1v) is 14.8. The Labute approximate surface area is 247 Å². The molecule has 5 heterocycles. The molecule has 4 aromatic carbocycles. The topological polar surface area (TPSA) is 77.7 Å². The Kier molecular flexibility index (Phi) is 4.90. The molecule has 8 nitrogen and oxygen atoms in total. The minimum atomic E-state index is -0.980. The molecular formula is C35H30N4O4. The lowest BCUT2D eigenvalue weighted by atomic mass is 9.91. The van der Waals surface area contributed by atoms with Gasteiger partial charge in [-0.1, -0.05) is 54.6 Å². The number of amides is 2. The van der Waals surface area contributed by atoms with E-state index < -0.39 is 18.1 Å². The number of hydrogen-bond acceptors (Lipinski definition) is 4. The smallest absolute Gasteiger partial charge is 0.253 e. The Morgan fingerprint density at radius 1 is 0.953 bits per heavy atom. The van der Waals surface area contributed by atoms with E-state index in [0.717, 1.165) is 54.7 Å². The summed E-state index contributed by atoms with van der Waals surface area (Å²) in [5, 5.41) is 7.24. The fraction of sp³-hybridized carbons (Fsp3) is 0.257. The van der Waals surface area contributed by atoms with Crippen LogP contribution in [0.1, 0.15) is 45.9 Å². The van der Waals surface area contributed by atoms with Crippen molar-refractivity contribution in [3.8, 4) is 0 Å². The number of ether oxygens (including phenoxy) is 2. The molecule has 1 fully saturated rings. The van der Waals surface area contributed by atoms with E-state index in [4.69, 9.17) is 9.47 Å². The van der Waals surface area contributed by atoms with E-state index in [-0.39, 0.29) is 17.9 Å². The summed E-state index contributed by atoms with van der Waals surface area (Å²) < 4.78 is 18.1. The van der Waals surface area contributed by atoms with Crippen molar-refractivity contribution in [2.75, 3.05) is 14.2 Å². The summed E-state index contributed by atoms with van der Waals surface area (Å²) in [6, 6.07) is 25.7. The lowest BCUT2D eigenvalue weighted by molar-refractivity contribution is -0.264. The number of likely N-dealkylation sites (N-methyl/N-ethyl adjacent to an activating group) is 1. The van der Waals surface area contributed by atoms with Gasteiger partial charge >= 0.3 is 0 Å². The third kappa shape index (κ3) is 2.97. The number of nitrogens with zero attached hydrogens (tertiary/aromatic N) is 3. The molecule has 6 aromatic rings. The molecule has 3 aliphatic rings. The van der Waals surface area contributed by atoms with Crippen LogP contribution in [0.25, 0.3) is 43.6 Å². The molecule has 214 valence electrons. The predicted octanol–water partition coefficient (Wildman–Crippen LogP) is 5.91. The number of fused-ring (bicyclic) bond motifs is 13. The third-order valence-electron chi connectivity index (χ3n) is 10.0. The van der Waals surface area contributed by atoms with Gasteiger partial charge in [0.15, 0.2) is 5.72 Å². The van der Waals surface area contributed by atoms with E-state index in [1.165, 1.54) is 0 Å². The summed E-state index contributed by atoms with van der Waals surface area (Å²) in [4.78, 5) is 29.2. The number of para-hydroxylation sites is 2. The van der Waals surface area contributed by atoms with Crippen LogP contribution in [0.5, 0.6) is 0 Å². The first kappa shape index (κ1) is 24.9. The number of methoxy groups -OCH3 is 1. The Morgan fingerprint density at radius 3 is 2.37 bits per heavy atom. The normalized spacial score (nSPS) is 24.2. The van der Waals surface area contributed by atoms with Gasteiger partial charge in [-0.2, -0.15) is 0 Å². The van der Waals surface area contributed by atoms with Gasteiger partial charge in [0.05, 0.1) is 33.7 Å². The summed E-state index contributed by atoms with van der Waals surface area (Å²) >= 11 is 0. The Hall–Kier alpha value is -4.66. The highest BCUT2D eigenvalue weighted by molar-refractivity contribution is 6.31. The van der Waals surface area contributed by atoms with E-state index in [1.807, 2.05) is 66.5 Å². The average Bonchev–Trinajstić information content (AvgIpc) is 3.68. The molecule has 8 heteroatoms. The van der Waals surface area contributed by atoms with Gasteiger partial charge in [-0.15, -0.1) is 0 Å². The highest BCUT2D eigenvalue weighted by Crippen LogP contribution is 2.54. The monoisotopic (exact) mass is 570 g/mol. The zero-order chi connectivity index (χ0) is 29.2. The second-order valence-corrected chi connectivity index (χ2v) is 12.1. The van der Waals surface area contributed by atoms with Crippen LogP contribution in [0.4, 0.5) is 0 Å². The lowest BCUT2D eigenvalue weighted by Crippen LogP contribution is -2.61. The second-order valence-electron chi connectivity index (χ2n) is 12.1. The van der Waals surface area contributed by atoms with Gasteiger partial charge in [0, 0.05) is 54.2 Å². The number of nitrogens with one attached hydrogen (secondary N) is 1. The SMILES string of the molecule is CO[C@H]1[C@@H](N(C)C(=O)c2ccccc2)C[C@H]2O[C@@]1(C)n1c3ccccc3c3c4c(c5c6ccccc6n2c5c31)C(=O)NC4. The van der Waals surface area contributed by atoms with Crippen LogP contribution in [-0.4, -0.2) is 52.2 Å². The van der Waals surface area contributed by atoms with Gasteiger partial charge in [0.2, 0.25) is 0 Å². The van der Waals surface area contributed by atoms with Crippen LogP contribution >= 0.6 is 0 Å². The van der Waals surface area contributed by atoms with Crippen molar-refractivity contribution in [3.63, 3.8) is 0 Å². The first-order chi connectivity index (χ1) is 20.9. The highest BCUT2D eigenvalue weighted by atomic mass is 16.6. The number of carbonyl (C=O) groups excluding carboxylic acids is 2. The summed E-state index contributed by atoms with van der Waals surface area (Å²) in [6.45, 7) is 2.56. The minimum absolute atomic E-state index is 0.0446. The van der Waals surface area contributed by atoms with Gasteiger partial charge in [0.25, 0.3) is 11.8 Å². The van der Waals surface area contributed by atoms with Crippen molar-refractivity contribution >= 4 is 55.4 Å². The van der Waals surface area contributed by atoms with E-state index in [0.29, 0.717) is 18.5 Å². The van der Waals surface area contributed by atoms with Crippen molar-refractivity contribution in [3.05, 3.63) is 95.6 Å². The van der Waals surface area contributed by atoms with Gasteiger partial charge in [-0.3, -0.25) is 9.59 Å². The van der Waals surface area contributed by atoms with Crippen molar-refractivity contribution < 1.29 is 19.1 Å². The van der Waals surface area contributed by atoms with E-state index >= 15 is 0 Å². The van der Waals surface area contributed by atoms with Crippen molar-refractivity contribution in [1.82, 2.24) is 19.4 Å². The molecule has 0 saturated carbocycles. The summed E-state index contributed by atoms with van der Waals surface area (Å²) in [5.41, 5.74) is 5.46.